The van der Waals surface area contributed by atoms with Crippen molar-refractivity contribution in [3.05, 3.63) is 63.4 Å². The summed E-state index contributed by atoms with van der Waals surface area (Å²) in [6, 6.07) is 8.54. The van der Waals surface area contributed by atoms with E-state index in [1.165, 1.54) is 17.8 Å². The summed E-state index contributed by atoms with van der Waals surface area (Å²) < 4.78 is 46.3. The van der Waals surface area contributed by atoms with E-state index in [0.29, 0.717) is 28.8 Å². The van der Waals surface area contributed by atoms with Gasteiger partial charge >= 0.3 is 12.1 Å². The molecule has 1 atom stereocenters. The van der Waals surface area contributed by atoms with Crippen LogP contribution < -0.4 is 16.6 Å². The molecule has 0 aliphatic carbocycles. The van der Waals surface area contributed by atoms with Gasteiger partial charge < -0.3 is 15.8 Å². The molecule has 4 rings (SSSR count). The van der Waals surface area contributed by atoms with Crippen LogP contribution in [-0.2, 0) is 22.8 Å². The van der Waals surface area contributed by atoms with Gasteiger partial charge in [-0.2, -0.15) is 18.3 Å². The lowest BCUT2D eigenvalue weighted by atomic mass is 9.88. The zero-order valence-corrected chi connectivity index (χ0v) is 21.6. The van der Waals surface area contributed by atoms with Crippen LogP contribution >= 0.6 is 0 Å². The lowest BCUT2D eigenvalue weighted by molar-refractivity contribution is -0.144. The van der Waals surface area contributed by atoms with Gasteiger partial charge in [0.1, 0.15) is 0 Å². The topological polar surface area (TPSA) is 102 Å². The van der Waals surface area contributed by atoms with Gasteiger partial charge in [-0.25, -0.2) is 4.68 Å². The Morgan fingerprint density at radius 2 is 1.89 bits per heavy atom. The van der Waals surface area contributed by atoms with Crippen LogP contribution in [0.3, 0.4) is 0 Å². The Labute approximate surface area is 218 Å². The number of nitrogens with one attached hydrogen (secondary N) is 1. The van der Waals surface area contributed by atoms with Crippen LogP contribution in [0.25, 0.3) is 10.8 Å². The minimum absolute atomic E-state index is 0.0124. The maximum Gasteiger partial charge on any atom is 0.416 e. The summed E-state index contributed by atoms with van der Waals surface area (Å²) in [4.78, 5) is 26.7. The van der Waals surface area contributed by atoms with Gasteiger partial charge in [0, 0.05) is 18.1 Å². The van der Waals surface area contributed by atoms with Crippen LogP contribution in [0.5, 0.6) is 0 Å². The average molecular weight is 532 g/mol. The summed E-state index contributed by atoms with van der Waals surface area (Å²) in [6.07, 6.45) is -2.84. The number of aryl methyl sites for hydroxylation is 1. The number of hydrogen-bond acceptors (Lipinski definition) is 7. The number of nitrogens with zero attached hydrogens (tertiary/aromatic N) is 3. The third-order valence-corrected chi connectivity index (χ3v) is 6.95. The van der Waals surface area contributed by atoms with E-state index in [1.54, 1.807) is 19.9 Å². The number of alkyl halides is 3. The van der Waals surface area contributed by atoms with Gasteiger partial charge in [-0.3, -0.25) is 14.5 Å². The number of nitrogens with two attached hydrogens (primary N) is 1. The molecule has 3 aromatic rings. The van der Waals surface area contributed by atoms with Crippen molar-refractivity contribution in [3.63, 3.8) is 0 Å². The van der Waals surface area contributed by atoms with Gasteiger partial charge in [-0.05, 0) is 87.2 Å². The summed E-state index contributed by atoms with van der Waals surface area (Å²) in [5.74, 6) is 0.397. The van der Waals surface area contributed by atoms with Crippen LogP contribution in [0.4, 0.5) is 24.7 Å². The maximum absolute atomic E-state index is 13.3. The number of anilines is 2. The van der Waals surface area contributed by atoms with E-state index in [1.807, 2.05) is 12.1 Å². The van der Waals surface area contributed by atoms with E-state index in [0.717, 1.165) is 43.6 Å². The molecule has 0 bridgehead atoms. The van der Waals surface area contributed by atoms with E-state index >= 15 is 0 Å². The molecule has 1 aromatic heterocycles. The first-order chi connectivity index (χ1) is 18.0. The molecule has 1 saturated heterocycles. The smallest absolute Gasteiger partial charge is 0.416 e. The molecule has 8 nitrogen and oxygen atoms in total. The van der Waals surface area contributed by atoms with Crippen molar-refractivity contribution in [2.24, 2.45) is 7.05 Å². The van der Waals surface area contributed by atoms with Crippen LogP contribution in [-0.4, -0.2) is 46.9 Å². The van der Waals surface area contributed by atoms with Gasteiger partial charge in [-0.15, -0.1) is 0 Å². The zero-order valence-electron chi connectivity index (χ0n) is 21.6. The Balaban J connectivity index is 1.60. The molecule has 2 aromatic carbocycles. The fraction of sp³-hybridized carbons (Fsp3) is 0.444. The SMILES string of the molecule is CCOC(=O)CN1CCC(c2ccc3c(=O)n(C)nc(N[C@H](C)c4cc(N)cc(C(F)(F)F)c4)c3c2)CC1. The summed E-state index contributed by atoms with van der Waals surface area (Å²) >= 11 is 0. The highest BCUT2D eigenvalue weighted by Crippen LogP contribution is 2.35. The van der Waals surface area contributed by atoms with Crippen molar-refractivity contribution in [1.29, 1.82) is 0 Å². The molecule has 0 saturated carbocycles. The largest absolute Gasteiger partial charge is 0.465 e. The average Bonchev–Trinajstić information content (AvgIpc) is 2.86. The second-order valence-electron chi connectivity index (χ2n) is 9.69. The molecule has 1 fully saturated rings. The summed E-state index contributed by atoms with van der Waals surface area (Å²) in [7, 11) is 1.53. The molecule has 0 spiro atoms. The first-order valence-corrected chi connectivity index (χ1v) is 12.6. The first kappa shape index (κ1) is 27.4. The highest BCUT2D eigenvalue weighted by molar-refractivity contribution is 5.91. The van der Waals surface area contributed by atoms with E-state index in [-0.39, 0.29) is 29.7 Å². The number of rotatable bonds is 7. The first-order valence-electron chi connectivity index (χ1n) is 12.6. The summed E-state index contributed by atoms with van der Waals surface area (Å²) in [5.41, 5.74) is 6.08. The van der Waals surface area contributed by atoms with Gasteiger partial charge in [0.2, 0.25) is 0 Å². The number of nitrogen functional groups attached to an aromatic ring is 1. The van der Waals surface area contributed by atoms with E-state index < -0.39 is 17.8 Å². The predicted octanol–water partition coefficient (Wildman–Crippen LogP) is 4.45. The predicted molar refractivity (Wildman–Crippen MR) is 140 cm³/mol. The molecule has 1 aliphatic rings. The van der Waals surface area contributed by atoms with E-state index in [2.05, 4.69) is 15.3 Å². The molecule has 3 N–H and O–H groups in total. The molecular formula is C27H32F3N5O3. The third kappa shape index (κ3) is 6.09. The van der Waals surface area contributed by atoms with Crippen molar-refractivity contribution in [3.8, 4) is 0 Å². The van der Waals surface area contributed by atoms with Gasteiger partial charge in [0.25, 0.3) is 5.56 Å². The molecule has 204 valence electrons. The number of hydrogen-bond donors (Lipinski definition) is 2. The second kappa shape index (κ2) is 11.0. The highest BCUT2D eigenvalue weighted by Gasteiger charge is 2.31. The molecule has 0 amide bonds. The van der Waals surface area contributed by atoms with Crippen molar-refractivity contribution in [2.75, 3.05) is 37.3 Å². The van der Waals surface area contributed by atoms with Crippen LogP contribution in [0.15, 0.2) is 41.2 Å². The number of fused-ring (bicyclic) bond motifs is 1. The zero-order chi connectivity index (χ0) is 27.6. The monoisotopic (exact) mass is 531 g/mol. The standard InChI is InChI=1S/C27H32F3N5O3/c1-4-38-24(36)15-35-9-7-17(8-10-35)18-5-6-22-23(13-18)25(33-34(3)26(22)37)32-16(2)19-11-20(27(28,29)30)14-21(31)12-19/h5-6,11-14,16-17H,4,7-10,15,31H2,1-3H3,(H,32,33)/t16-/m1/s1. The molecule has 11 heteroatoms. The Morgan fingerprint density at radius 1 is 1.18 bits per heavy atom. The van der Waals surface area contributed by atoms with Crippen molar-refractivity contribution in [2.45, 2.75) is 44.8 Å². The minimum Gasteiger partial charge on any atom is -0.465 e. The van der Waals surface area contributed by atoms with Crippen molar-refractivity contribution < 1.29 is 22.7 Å². The highest BCUT2D eigenvalue weighted by atomic mass is 19.4. The fourth-order valence-corrected chi connectivity index (χ4v) is 4.92. The Morgan fingerprint density at radius 3 is 2.55 bits per heavy atom. The minimum atomic E-state index is -4.52. The van der Waals surface area contributed by atoms with Crippen LogP contribution in [0.1, 0.15) is 55.3 Å². The number of likely N-dealkylation sites (tertiary alicyclic amines) is 1. The maximum atomic E-state index is 13.3. The van der Waals surface area contributed by atoms with Crippen molar-refractivity contribution in [1.82, 2.24) is 14.7 Å². The number of carbonyl (C=O) groups excluding carboxylic acids is 1. The number of esters is 1. The number of piperidine rings is 1. The number of benzene rings is 2. The molecule has 38 heavy (non-hydrogen) atoms. The Bertz CT molecular complexity index is 1380. The summed E-state index contributed by atoms with van der Waals surface area (Å²) in [6.45, 7) is 5.62. The van der Waals surface area contributed by atoms with Crippen LogP contribution in [0.2, 0.25) is 0 Å². The number of carbonyl (C=O) groups is 1. The van der Waals surface area contributed by atoms with Gasteiger partial charge in [0.05, 0.1) is 30.1 Å². The number of halogens is 3. The second-order valence-corrected chi connectivity index (χ2v) is 9.69. The lowest BCUT2D eigenvalue weighted by Crippen LogP contribution is -2.37. The van der Waals surface area contributed by atoms with Gasteiger partial charge in [0.15, 0.2) is 5.82 Å². The van der Waals surface area contributed by atoms with Crippen molar-refractivity contribution >= 4 is 28.2 Å². The molecule has 2 heterocycles. The van der Waals surface area contributed by atoms with Gasteiger partial charge in [-0.1, -0.05) is 6.07 Å². The third-order valence-electron chi connectivity index (χ3n) is 6.95. The molecule has 0 unspecified atom stereocenters. The Kier molecular flexibility index (Phi) is 7.96. The quantitative estimate of drug-likeness (QED) is 0.343. The molecule has 1 aliphatic heterocycles. The normalized spacial score (nSPS) is 15.9. The Hall–Kier alpha value is -3.60. The van der Waals surface area contributed by atoms with E-state index in [9.17, 15) is 22.8 Å². The fourth-order valence-electron chi connectivity index (χ4n) is 4.92. The molecular weight excluding hydrogens is 499 g/mol. The molecule has 0 radical (unpaired) electrons. The summed E-state index contributed by atoms with van der Waals surface area (Å²) in [5, 5.41) is 8.65. The number of aromatic nitrogens is 2. The van der Waals surface area contributed by atoms with E-state index in [4.69, 9.17) is 10.5 Å². The van der Waals surface area contributed by atoms with Crippen LogP contribution in [0, 0.1) is 0 Å². The number of ether oxygens (including phenoxy) is 1. The lowest BCUT2D eigenvalue weighted by Gasteiger charge is -2.31.